The number of oxime groups is 1. The average molecular weight is 382 g/mol. The molecule has 146 valence electrons. The molecule has 7 nitrogen and oxygen atoms in total. The Labute approximate surface area is 163 Å². The summed E-state index contributed by atoms with van der Waals surface area (Å²) in [5.41, 5.74) is 1.40. The normalized spacial score (nSPS) is 14.3. The molecular weight excluding hydrogens is 360 g/mol. The SMILES string of the molecule is COc1ccc(/C=N\OCC(=O)O[C@@H](C(=O)NC2CC2)c2ccccc2)cc1. The number of methoxy groups -OCH3 is 1. The number of esters is 1. The minimum absolute atomic E-state index is 0.169. The van der Waals surface area contributed by atoms with Gasteiger partial charge < -0.3 is 19.6 Å². The predicted octanol–water partition coefficient (Wildman–Crippen LogP) is 2.61. The van der Waals surface area contributed by atoms with Gasteiger partial charge in [0.2, 0.25) is 12.7 Å². The van der Waals surface area contributed by atoms with Crippen LogP contribution in [-0.4, -0.2) is 37.8 Å². The van der Waals surface area contributed by atoms with Crippen LogP contribution in [0.5, 0.6) is 5.75 Å². The third kappa shape index (κ3) is 5.84. The smallest absolute Gasteiger partial charge is 0.348 e. The number of nitrogens with one attached hydrogen (secondary N) is 1. The van der Waals surface area contributed by atoms with Crippen molar-refractivity contribution in [3.63, 3.8) is 0 Å². The molecule has 2 aromatic rings. The van der Waals surface area contributed by atoms with Crippen LogP contribution < -0.4 is 10.1 Å². The Morgan fingerprint density at radius 2 is 1.86 bits per heavy atom. The van der Waals surface area contributed by atoms with E-state index < -0.39 is 18.7 Å². The van der Waals surface area contributed by atoms with E-state index in [1.807, 2.05) is 6.07 Å². The average Bonchev–Trinajstić information content (AvgIpc) is 3.54. The molecule has 0 bridgehead atoms. The topological polar surface area (TPSA) is 86.2 Å². The number of carbonyl (C=O) groups excluding carboxylic acids is 2. The predicted molar refractivity (Wildman–Crippen MR) is 103 cm³/mol. The largest absolute Gasteiger partial charge is 0.497 e. The lowest BCUT2D eigenvalue weighted by Crippen LogP contribution is -2.34. The molecule has 3 rings (SSSR count). The van der Waals surface area contributed by atoms with Crippen molar-refractivity contribution in [2.24, 2.45) is 5.16 Å². The van der Waals surface area contributed by atoms with E-state index in [9.17, 15) is 9.59 Å². The third-order valence-corrected chi connectivity index (χ3v) is 4.09. The minimum Gasteiger partial charge on any atom is -0.497 e. The first-order chi connectivity index (χ1) is 13.7. The van der Waals surface area contributed by atoms with Crippen LogP contribution in [0.3, 0.4) is 0 Å². The van der Waals surface area contributed by atoms with E-state index in [1.165, 1.54) is 6.21 Å². The molecule has 0 unspecified atom stereocenters. The Kier molecular flexibility index (Phi) is 6.62. The van der Waals surface area contributed by atoms with E-state index in [0.29, 0.717) is 5.56 Å². The van der Waals surface area contributed by atoms with Gasteiger partial charge >= 0.3 is 5.97 Å². The fraction of sp³-hybridized carbons (Fsp3) is 0.286. The summed E-state index contributed by atoms with van der Waals surface area (Å²) in [5.74, 6) is -0.270. The van der Waals surface area contributed by atoms with Crippen molar-refractivity contribution < 1.29 is 23.9 Å². The fourth-order valence-electron chi connectivity index (χ4n) is 2.45. The standard InChI is InChI=1S/C21H22N2O5/c1-26-18-11-7-15(8-12-18)13-22-27-14-19(24)28-20(16-5-3-2-4-6-16)21(25)23-17-9-10-17/h2-8,11-13,17,20H,9-10,14H2,1H3,(H,23,25)/b22-13-/t20-/m1/s1. The van der Waals surface area contributed by atoms with Gasteiger partial charge in [-0.25, -0.2) is 4.79 Å². The molecule has 1 atom stereocenters. The van der Waals surface area contributed by atoms with Crippen LogP contribution in [0.1, 0.15) is 30.1 Å². The Morgan fingerprint density at radius 1 is 1.14 bits per heavy atom. The molecule has 0 radical (unpaired) electrons. The molecule has 1 aliphatic rings. The van der Waals surface area contributed by atoms with Gasteiger partial charge in [0.1, 0.15) is 5.75 Å². The maximum Gasteiger partial charge on any atom is 0.348 e. The molecule has 1 fully saturated rings. The number of amides is 1. The molecule has 1 aliphatic carbocycles. The van der Waals surface area contributed by atoms with Gasteiger partial charge in [0.05, 0.1) is 13.3 Å². The van der Waals surface area contributed by atoms with Crippen molar-refractivity contribution in [3.8, 4) is 5.75 Å². The molecular formula is C21H22N2O5. The molecule has 1 amide bonds. The molecule has 2 aromatic carbocycles. The highest BCUT2D eigenvalue weighted by atomic mass is 16.7. The van der Waals surface area contributed by atoms with E-state index in [0.717, 1.165) is 24.2 Å². The zero-order valence-corrected chi connectivity index (χ0v) is 15.5. The molecule has 0 aliphatic heterocycles. The number of nitrogens with zero attached hydrogens (tertiary/aromatic N) is 1. The fourth-order valence-corrected chi connectivity index (χ4v) is 2.45. The lowest BCUT2D eigenvalue weighted by atomic mass is 10.1. The van der Waals surface area contributed by atoms with Gasteiger partial charge in [0.25, 0.3) is 5.91 Å². The summed E-state index contributed by atoms with van der Waals surface area (Å²) in [6.07, 6.45) is 2.36. The molecule has 0 aromatic heterocycles. The number of rotatable bonds is 9. The summed E-state index contributed by atoms with van der Waals surface area (Å²) in [7, 11) is 1.59. The highest BCUT2D eigenvalue weighted by molar-refractivity contribution is 5.85. The van der Waals surface area contributed by atoms with Crippen molar-refractivity contribution in [1.82, 2.24) is 5.32 Å². The van der Waals surface area contributed by atoms with Gasteiger partial charge in [-0.05, 0) is 42.7 Å². The van der Waals surface area contributed by atoms with Gasteiger partial charge in [-0.2, -0.15) is 0 Å². The Bertz CT molecular complexity index is 816. The third-order valence-electron chi connectivity index (χ3n) is 4.09. The van der Waals surface area contributed by atoms with E-state index >= 15 is 0 Å². The van der Waals surface area contributed by atoms with Crippen molar-refractivity contribution in [2.75, 3.05) is 13.7 Å². The number of ether oxygens (including phenoxy) is 2. The van der Waals surface area contributed by atoms with Crippen LogP contribution in [0.15, 0.2) is 59.8 Å². The molecule has 28 heavy (non-hydrogen) atoms. The second kappa shape index (κ2) is 9.55. The van der Waals surface area contributed by atoms with E-state index in [4.69, 9.17) is 14.3 Å². The van der Waals surface area contributed by atoms with Crippen LogP contribution in [0.4, 0.5) is 0 Å². The van der Waals surface area contributed by atoms with E-state index in [1.54, 1.807) is 55.6 Å². The van der Waals surface area contributed by atoms with Gasteiger partial charge in [0, 0.05) is 11.6 Å². The monoisotopic (exact) mass is 382 g/mol. The molecule has 0 saturated heterocycles. The summed E-state index contributed by atoms with van der Waals surface area (Å²) in [5, 5.41) is 6.61. The second-order valence-electron chi connectivity index (χ2n) is 6.34. The van der Waals surface area contributed by atoms with Crippen LogP contribution in [-0.2, 0) is 19.2 Å². The Hall–Kier alpha value is -3.35. The summed E-state index contributed by atoms with van der Waals surface area (Å²) < 4.78 is 10.4. The first kappa shape index (κ1) is 19.4. The summed E-state index contributed by atoms with van der Waals surface area (Å²) in [6, 6.07) is 16.2. The molecule has 7 heteroatoms. The maximum atomic E-state index is 12.4. The number of hydrogen-bond donors (Lipinski definition) is 1. The van der Waals surface area contributed by atoms with Crippen molar-refractivity contribution in [1.29, 1.82) is 0 Å². The van der Waals surface area contributed by atoms with Crippen molar-refractivity contribution in [3.05, 3.63) is 65.7 Å². The molecule has 0 heterocycles. The zero-order chi connectivity index (χ0) is 19.8. The number of carbonyl (C=O) groups is 2. The van der Waals surface area contributed by atoms with Gasteiger partial charge in [-0.3, -0.25) is 4.79 Å². The zero-order valence-electron chi connectivity index (χ0n) is 15.5. The van der Waals surface area contributed by atoms with Gasteiger partial charge in [0.15, 0.2) is 0 Å². The van der Waals surface area contributed by atoms with Crippen molar-refractivity contribution in [2.45, 2.75) is 25.0 Å². The molecule has 0 spiro atoms. The lowest BCUT2D eigenvalue weighted by Gasteiger charge is -2.17. The van der Waals surface area contributed by atoms with Gasteiger partial charge in [-0.1, -0.05) is 35.5 Å². The lowest BCUT2D eigenvalue weighted by molar-refractivity contribution is -0.160. The van der Waals surface area contributed by atoms with Crippen LogP contribution in [0, 0.1) is 0 Å². The number of benzene rings is 2. The van der Waals surface area contributed by atoms with Crippen LogP contribution in [0.25, 0.3) is 0 Å². The first-order valence-electron chi connectivity index (χ1n) is 9.00. The minimum atomic E-state index is -1.01. The summed E-state index contributed by atoms with van der Waals surface area (Å²) in [6.45, 7) is -0.396. The summed E-state index contributed by atoms with van der Waals surface area (Å²) >= 11 is 0. The summed E-state index contributed by atoms with van der Waals surface area (Å²) in [4.78, 5) is 29.5. The van der Waals surface area contributed by atoms with Crippen molar-refractivity contribution >= 4 is 18.1 Å². The van der Waals surface area contributed by atoms with E-state index in [-0.39, 0.29) is 11.9 Å². The van der Waals surface area contributed by atoms with Crippen LogP contribution >= 0.6 is 0 Å². The molecule has 1 N–H and O–H groups in total. The number of hydrogen-bond acceptors (Lipinski definition) is 6. The highest BCUT2D eigenvalue weighted by Crippen LogP contribution is 2.23. The highest BCUT2D eigenvalue weighted by Gasteiger charge is 2.30. The van der Waals surface area contributed by atoms with Crippen LogP contribution in [0.2, 0.25) is 0 Å². The van der Waals surface area contributed by atoms with E-state index in [2.05, 4.69) is 10.5 Å². The second-order valence-corrected chi connectivity index (χ2v) is 6.34. The maximum absolute atomic E-state index is 12.4. The Balaban J connectivity index is 1.52. The quantitative estimate of drug-likeness (QED) is 0.409. The Morgan fingerprint density at radius 3 is 2.50 bits per heavy atom. The first-order valence-corrected chi connectivity index (χ1v) is 9.00. The molecule has 1 saturated carbocycles. The van der Waals surface area contributed by atoms with Gasteiger partial charge in [-0.15, -0.1) is 0 Å².